The molecule has 0 spiro atoms. The summed E-state index contributed by atoms with van der Waals surface area (Å²) in [5.74, 6) is -0.776. The SMILES string of the molecule is CN(C)[C@@H](CCCN=C(N)N)C(=O)O.Cl. The van der Waals surface area contributed by atoms with E-state index in [1.807, 2.05) is 0 Å². The minimum atomic E-state index is -0.820. The molecule has 5 N–H and O–H groups in total. The predicted molar refractivity (Wildman–Crippen MR) is 62.3 cm³/mol. The van der Waals surface area contributed by atoms with Gasteiger partial charge in [-0.2, -0.15) is 0 Å². The molecule has 0 saturated heterocycles. The zero-order chi connectivity index (χ0) is 11.1. The van der Waals surface area contributed by atoms with E-state index in [1.165, 1.54) is 0 Å². The molecule has 0 amide bonds. The van der Waals surface area contributed by atoms with Gasteiger partial charge in [0.15, 0.2) is 5.96 Å². The van der Waals surface area contributed by atoms with Crippen LogP contribution in [0.5, 0.6) is 0 Å². The standard InChI is InChI=1S/C8H18N4O2.ClH/c1-12(2)6(7(13)14)4-3-5-11-8(9)10;/h6H,3-5H2,1-2H3,(H,13,14)(H4,9,10,11);1H/t6-;/m0./s1. The molecule has 0 radical (unpaired) electrons. The number of carboxylic acid groups (broad SMARTS) is 1. The van der Waals surface area contributed by atoms with Crippen LogP contribution < -0.4 is 11.5 Å². The third-order valence-electron chi connectivity index (χ3n) is 1.84. The summed E-state index contributed by atoms with van der Waals surface area (Å²) < 4.78 is 0. The van der Waals surface area contributed by atoms with E-state index < -0.39 is 12.0 Å². The van der Waals surface area contributed by atoms with Gasteiger partial charge in [0.1, 0.15) is 6.04 Å². The van der Waals surface area contributed by atoms with E-state index in [1.54, 1.807) is 19.0 Å². The molecule has 0 rings (SSSR count). The third-order valence-corrected chi connectivity index (χ3v) is 1.84. The molecule has 0 aromatic heterocycles. The van der Waals surface area contributed by atoms with E-state index in [4.69, 9.17) is 16.6 Å². The fourth-order valence-electron chi connectivity index (χ4n) is 1.10. The van der Waals surface area contributed by atoms with Gasteiger partial charge in [-0.15, -0.1) is 12.4 Å². The number of hydrogen-bond donors (Lipinski definition) is 3. The summed E-state index contributed by atoms with van der Waals surface area (Å²) in [5, 5.41) is 8.83. The molecular weight excluding hydrogens is 220 g/mol. The normalized spacial score (nSPS) is 11.7. The van der Waals surface area contributed by atoms with Gasteiger partial charge in [0.05, 0.1) is 0 Å². The number of likely N-dealkylation sites (N-methyl/N-ethyl adjacent to an activating group) is 1. The minimum absolute atomic E-state index is 0. The average molecular weight is 239 g/mol. The van der Waals surface area contributed by atoms with Crippen LogP contribution in [0.15, 0.2) is 4.99 Å². The monoisotopic (exact) mass is 238 g/mol. The highest BCUT2D eigenvalue weighted by Crippen LogP contribution is 2.03. The van der Waals surface area contributed by atoms with Gasteiger partial charge < -0.3 is 16.6 Å². The number of halogens is 1. The maximum atomic E-state index is 10.7. The Morgan fingerprint density at radius 1 is 1.47 bits per heavy atom. The van der Waals surface area contributed by atoms with Crippen LogP contribution in [0.4, 0.5) is 0 Å². The Bertz CT molecular complexity index is 217. The first kappa shape index (κ1) is 16.4. The van der Waals surface area contributed by atoms with Crippen LogP contribution >= 0.6 is 12.4 Å². The first-order chi connectivity index (χ1) is 6.45. The first-order valence-corrected chi connectivity index (χ1v) is 4.39. The third kappa shape index (κ3) is 8.02. The molecule has 15 heavy (non-hydrogen) atoms. The Hall–Kier alpha value is -1.01. The van der Waals surface area contributed by atoms with Crippen LogP contribution in [-0.2, 0) is 4.79 Å². The largest absolute Gasteiger partial charge is 0.480 e. The first-order valence-electron chi connectivity index (χ1n) is 4.39. The highest BCUT2D eigenvalue weighted by atomic mass is 35.5. The molecule has 7 heteroatoms. The van der Waals surface area contributed by atoms with E-state index in [2.05, 4.69) is 4.99 Å². The summed E-state index contributed by atoms with van der Waals surface area (Å²) in [6.07, 6.45) is 1.20. The predicted octanol–water partition coefficient (Wildman–Crippen LogP) is -0.523. The van der Waals surface area contributed by atoms with Crippen LogP contribution in [0, 0.1) is 0 Å². The molecule has 0 fully saturated rings. The number of hydrogen-bond acceptors (Lipinski definition) is 3. The molecule has 0 saturated carbocycles. The van der Waals surface area contributed by atoms with Crippen molar-refractivity contribution in [1.82, 2.24) is 4.90 Å². The lowest BCUT2D eigenvalue weighted by atomic mass is 10.1. The summed E-state index contributed by atoms with van der Waals surface area (Å²) in [7, 11) is 3.47. The molecule has 0 aliphatic carbocycles. The molecule has 0 aromatic carbocycles. The quantitative estimate of drug-likeness (QED) is 0.328. The van der Waals surface area contributed by atoms with Crippen molar-refractivity contribution in [3.05, 3.63) is 0 Å². The van der Waals surface area contributed by atoms with E-state index in [-0.39, 0.29) is 18.4 Å². The summed E-state index contributed by atoms with van der Waals surface area (Å²) >= 11 is 0. The maximum absolute atomic E-state index is 10.7. The number of aliphatic carboxylic acids is 1. The number of rotatable bonds is 6. The van der Waals surface area contributed by atoms with Crippen LogP contribution in [0.2, 0.25) is 0 Å². The second-order valence-electron chi connectivity index (χ2n) is 3.27. The van der Waals surface area contributed by atoms with Crippen LogP contribution in [-0.4, -0.2) is 48.6 Å². The highest BCUT2D eigenvalue weighted by Gasteiger charge is 2.18. The lowest BCUT2D eigenvalue weighted by Gasteiger charge is -2.19. The van der Waals surface area contributed by atoms with E-state index in [9.17, 15) is 4.79 Å². The Kier molecular flexibility index (Phi) is 9.10. The minimum Gasteiger partial charge on any atom is -0.480 e. The summed E-state index contributed by atoms with van der Waals surface area (Å²) in [5.41, 5.74) is 10.3. The highest BCUT2D eigenvalue weighted by molar-refractivity contribution is 5.85. The molecule has 0 aromatic rings. The number of nitrogens with zero attached hydrogens (tertiary/aromatic N) is 2. The van der Waals surface area contributed by atoms with Crippen LogP contribution in [0.25, 0.3) is 0 Å². The van der Waals surface area contributed by atoms with Gasteiger partial charge in [0.25, 0.3) is 0 Å². The zero-order valence-corrected chi connectivity index (χ0v) is 9.83. The Labute approximate surface area is 95.7 Å². The molecular formula is C8H19ClN4O2. The number of carbonyl (C=O) groups is 1. The van der Waals surface area contributed by atoms with Gasteiger partial charge in [-0.1, -0.05) is 0 Å². The molecule has 0 aliphatic rings. The molecule has 0 aliphatic heterocycles. The van der Waals surface area contributed by atoms with Crippen molar-refractivity contribution in [2.45, 2.75) is 18.9 Å². The van der Waals surface area contributed by atoms with E-state index in [0.29, 0.717) is 19.4 Å². The number of nitrogens with two attached hydrogens (primary N) is 2. The van der Waals surface area contributed by atoms with Gasteiger partial charge >= 0.3 is 5.97 Å². The van der Waals surface area contributed by atoms with Crippen LogP contribution in [0.3, 0.4) is 0 Å². The Morgan fingerprint density at radius 2 is 2.00 bits per heavy atom. The molecule has 1 atom stereocenters. The van der Waals surface area contributed by atoms with Crippen molar-refractivity contribution in [3.63, 3.8) is 0 Å². The van der Waals surface area contributed by atoms with Crippen molar-refractivity contribution < 1.29 is 9.90 Å². The van der Waals surface area contributed by atoms with Gasteiger partial charge in [-0.25, -0.2) is 0 Å². The second kappa shape index (κ2) is 8.31. The average Bonchev–Trinajstić information content (AvgIpc) is 2.01. The fourth-order valence-corrected chi connectivity index (χ4v) is 1.10. The van der Waals surface area contributed by atoms with Crippen molar-refractivity contribution >= 4 is 24.3 Å². The summed E-state index contributed by atoms with van der Waals surface area (Å²) in [6, 6.07) is -0.468. The molecule has 6 nitrogen and oxygen atoms in total. The van der Waals surface area contributed by atoms with Crippen molar-refractivity contribution in [3.8, 4) is 0 Å². The van der Waals surface area contributed by atoms with E-state index in [0.717, 1.165) is 0 Å². The smallest absolute Gasteiger partial charge is 0.320 e. The zero-order valence-electron chi connectivity index (χ0n) is 9.01. The van der Waals surface area contributed by atoms with Crippen LogP contribution in [0.1, 0.15) is 12.8 Å². The number of guanidine groups is 1. The lowest BCUT2D eigenvalue weighted by Crippen LogP contribution is -2.35. The molecule has 0 heterocycles. The topological polar surface area (TPSA) is 105 Å². The maximum Gasteiger partial charge on any atom is 0.320 e. The van der Waals surface area contributed by atoms with E-state index >= 15 is 0 Å². The number of carboxylic acids is 1. The fraction of sp³-hybridized carbons (Fsp3) is 0.750. The lowest BCUT2D eigenvalue weighted by molar-refractivity contribution is -0.142. The van der Waals surface area contributed by atoms with Gasteiger partial charge in [0.2, 0.25) is 0 Å². The summed E-state index contributed by atoms with van der Waals surface area (Å²) in [4.78, 5) is 16.2. The Balaban J connectivity index is 0. The molecule has 0 bridgehead atoms. The van der Waals surface area contributed by atoms with Crippen molar-refractivity contribution in [1.29, 1.82) is 0 Å². The van der Waals surface area contributed by atoms with Crippen molar-refractivity contribution in [2.24, 2.45) is 16.5 Å². The molecule has 90 valence electrons. The summed E-state index contributed by atoms with van der Waals surface area (Å²) in [6.45, 7) is 0.472. The Morgan fingerprint density at radius 3 is 2.33 bits per heavy atom. The van der Waals surface area contributed by atoms with Gasteiger partial charge in [-0.05, 0) is 26.9 Å². The van der Waals surface area contributed by atoms with Gasteiger partial charge in [0, 0.05) is 6.54 Å². The second-order valence-corrected chi connectivity index (χ2v) is 3.27. The number of aliphatic imine (C=N–C) groups is 1. The van der Waals surface area contributed by atoms with Crippen molar-refractivity contribution in [2.75, 3.05) is 20.6 Å². The molecule has 0 unspecified atom stereocenters. The van der Waals surface area contributed by atoms with Gasteiger partial charge in [-0.3, -0.25) is 14.7 Å².